The summed E-state index contributed by atoms with van der Waals surface area (Å²) in [6, 6.07) is 5.83. The van der Waals surface area contributed by atoms with Crippen molar-refractivity contribution in [3.63, 3.8) is 0 Å². The third-order valence-corrected chi connectivity index (χ3v) is 4.67. The summed E-state index contributed by atoms with van der Waals surface area (Å²) in [7, 11) is 1.50. The van der Waals surface area contributed by atoms with Gasteiger partial charge in [0.1, 0.15) is 18.7 Å². The Hall–Kier alpha value is -3.14. The first-order valence-electron chi connectivity index (χ1n) is 9.32. The summed E-state index contributed by atoms with van der Waals surface area (Å²) in [5.41, 5.74) is -0.144. The minimum Gasteiger partial charge on any atom is -0.447 e. The highest BCUT2D eigenvalue weighted by molar-refractivity contribution is 6.10. The first-order chi connectivity index (χ1) is 13.8. The number of hydrogen-bond donors (Lipinski definition) is 3. The molecule has 0 saturated carbocycles. The minimum absolute atomic E-state index is 0.113. The van der Waals surface area contributed by atoms with Crippen LogP contribution in [0.3, 0.4) is 0 Å². The SMILES string of the molecule is CCC1(CC)NC(=O)N(CC(=O)Nc2cccc(NC(=O)OCCOC)c2)C1=O. The topological polar surface area (TPSA) is 126 Å². The molecule has 1 saturated heterocycles. The molecule has 1 aliphatic heterocycles. The van der Waals surface area contributed by atoms with Crippen LogP contribution in [0, 0.1) is 0 Å². The van der Waals surface area contributed by atoms with Crippen LogP contribution in [0.1, 0.15) is 26.7 Å². The summed E-state index contributed by atoms with van der Waals surface area (Å²) in [5, 5.41) is 7.82. The number of benzene rings is 1. The van der Waals surface area contributed by atoms with E-state index in [-0.39, 0.29) is 13.2 Å². The number of nitrogens with zero attached hydrogens (tertiary/aromatic N) is 1. The number of hydrogen-bond acceptors (Lipinski definition) is 6. The molecule has 10 nitrogen and oxygen atoms in total. The molecule has 0 aliphatic carbocycles. The number of nitrogens with one attached hydrogen (secondary N) is 3. The van der Waals surface area contributed by atoms with Crippen molar-refractivity contribution in [2.75, 3.05) is 37.5 Å². The smallest absolute Gasteiger partial charge is 0.411 e. The lowest BCUT2D eigenvalue weighted by atomic mass is 9.93. The zero-order valence-electron chi connectivity index (χ0n) is 16.7. The summed E-state index contributed by atoms with van der Waals surface area (Å²) < 4.78 is 9.70. The van der Waals surface area contributed by atoms with Gasteiger partial charge >= 0.3 is 12.1 Å². The monoisotopic (exact) mass is 406 g/mol. The lowest BCUT2D eigenvalue weighted by molar-refractivity contribution is -0.134. The van der Waals surface area contributed by atoms with Crippen LogP contribution in [-0.4, -0.2) is 61.2 Å². The van der Waals surface area contributed by atoms with Gasteiger partial charge in [0, 0.05) is 18.5 Å². The first-order valence-corrected chi connectivity index (χ1v) is 9.32. The Bertz CT molecular complexity index is 778. The van der Waals surface area contributed by atoms with Crippen LogP contribution in [-0.2, 0) is 19.1 Å². The van der Waals surface area contributed by atoms with Gasteiger partial charge in [-0.1, -0.05) is 19.9 Å². The molecule has 1 aliphatic rings. The van der Waals surface area contributed by atoms with E-state index in [0.29, 0.717) is 24.2 Å². The Morgan fingerprint density at radius 1 is 1.10 bits per heavy atom. The highest BCUT2D eigenvalue weighted by atomic mass is 16.6. The standard InChI is InChI=1S/C19H26N4O6/c1-4-19(5-2)16(25)23(17(26)22-19)12-15(24)20-13-7-6-8-14(11-13)21-18(27)29-10-9-28-3/h6-8,11H,4-5,9-10,12H2,1-3H3,(H,20,24)(H,21,27)(H,22,26). The third kappa shape index (κ3) is 5.44. The van der Waals surface area contributed by atoms with Gasteiger partial charge in [-0.15, -0.1) is 0 Å². The van der Waals surface area contributed by atoms with Crippen LogP contribution in [0.4, 0.5) is 21.0 Å². The number of imide groups is 1. The van der Waals surface area contributed by atoms with Crippen LogP contribution in [0.15, 0.2) is 24.3 Å². The predicted molar refractivity (Wildman–Crippen MR) is 105 cm³/mol. The number of methoxy groups -OCH3 is 1. The van der Waals surface area contributed by atoms with Crippen molar-refractivity contribution in [2.24, 2.45) is 0 Å². The van der Waals surface area contributed by atoms with Crippen molar-refractivity contribution in [2.45, 2.75) is 32.2 Å². The summed E-state index contributed by atoms with van der Waals surface area (Å²) >= 11 is 0. The molecule has 0 atom stereocenters. The zero-order valence-corrected chi connectivity index (χ0v) is 16.7. The minimum atomic E-state index is -0.954. The van der Waals surface area contributed by atoms with Gasteiger partial charge in [0.05, 0.1) is 6.61 Å². The van der Waals surface area contributed by atoms with Crippen LogP contribution in [0.2, 0.25) is 0 Å². The fourth-order valence-corrected chi connectivity index (χ4v) is 2.94. The quantitative estimate of drug-likeness (QED) is 0.425. The summed E-state index contributed by atoms with van der Waals surface area (Å²) in [5.74, 6) is -0.937. The van der Waals surface area contributed by atoms with E-state index >= 15 is 0 Å². The maximum absolute atomic E-state index is 12.6. The molecule has 0 aromatic heterocycles. The fourth-order valence-electron chi connectivity index (χ4n) is 2.94. The molecule has 0 unspecified atom stereocenters. The molecule has 158 valence electrons. The van der Waals surface area contributed by atoms with E-state index in [1.54, 1.807) is 18.2 Å². The van der Waals surface area contributed by atoms with Crippen molar-refractivity contribution in [3.8, 4) is 0 Å². The van der Waals surface area contributed by atoms with Crippen molar-refractivity contribution in [1.82, 2.24) is 10.2 Å². The highest BCUT2D eigenvalue weighted by Crippen LogP contribution is 2.25. The summed E-state index contributed by atoms with van der Waals surface area (Å²) in [6.07, 6.45) is 0.237. The fraction of sp³-hybridized carbons (Fsp3) is 0.474. The Morgan fingerprint density at radius 2 is 1.76 bits per heavy atom. The van der Waals surface area contributed by atoms with Crippen molar-refractivity contribution >= 4 is 35.3 Å². The lowest BCUT2D eigenvalue weighted by Crippen LogP contribution is -2.46. The molecule has 10 heteroatoms. The van der Waals surface area contributed by atoms with Crippen LogP contribution in [0.5, 0.6) is 0 Å². The first kappa shape index (κ1) is 22.2. The maximum Gasteiger partial charge on any atom is 0.411 e. The molecule has 3 N–H and O–H groups in total. The molecule has 29 heavy (non-hydrogen) atoms. The van der Waals surface area contributed by atoms with Crippen LogP contribution < -0.4 is 16.0 Å². The van der Waals surface area contributed by atoms with E-state index in [2.05, 4.69) is 16.0 Å². The van der Waals surface area contributed by atoms with E-state index < -0.39 is 36.0 Å². The lowest BCUT2D eigenvalue weighted by Gasteiger charge is -2.23. The average Bonchev–Trinajstić information content (AvgIpc) is 2.93. The van der Waals surface area contributed by atoms with Crippen molar-refractivity contribution in [1.29, 1.82) is 0 Å². The normalized spacial score (nSPS) is 15.1. The second-order valence-electron chi connectivity index (χ2n) is 6.49. The van der Waals surface area contributed by atoms with Crippen molar-refractivity contribution in [3.05, 3.63) is 24.3 Å². The molecule has 5 amide bonds. The van der Waals surface area contributed by atoms with Gasteiger partial charge < -0.3 is 20.1 Å². The number of carbonyl (C=O) groups excluding carboxylic acids is 4. The molecule has 1 fully saturated rings. The molecule has 1 aromatic carbocycles. The van der Waals surface area contributed by atoms with E-state index in [1.807, 2.05) is 13.8 Å². The van der Waals surface area contributed by atoms with Gasteiger partial charge in [0.15, 0.2) is 0 Å². The third-order valence-electron chi connectivity index (χ3n) is 4.67. The second kappa shape index (κ2) is 9.87. The molecular weight excluding hydrogens is 380 g/mol. The maximum atomic E-state index is 12.6. The molecule has 1 aromatic rings. The molecule has 2 rings (SSSR count). The number of ether oxygens (including phenoxy) is 2. The van der Waals surface area contributed by atoms with Crippen LogP contribution >= 0.6 is 0 Å². The molecule has 1 heterocycles. The summed E-state index contributed by atoms with van der Waals surface area (Å²) in [6.45, 7) is 3.61. The van der Waals surface area contributed by atoms with E-state index in [1.165, 1.54) is 13.2 Å². The Balaban J connectivity index is 1.95. The van der Waals surface area contributed by atoms with E-state index in [4.69, 9.17) is 9.47 Å². The Kier molecular flexibility index (Phi) is 7.54. The number of urea groups is 1. The van der Waals surface area contributed by atoms with E-state index in [9.17, 15) is 19.2 Å². The average molecular weight is 406 g/mol. The Labute approximate surface area is 168 Å². The number of carbonyl (C=O) groups is 4. The van der Waals surface area contributed by atoms with Gasteiger partial charge in [0.25, 0.3) is 5.91 Å². The van der Waals surface area contributed by atoms with Gasteiger partial charge in [-0.2, -0.15) is 0 Å². The summed E-state index contributed by atoms with van der Waals surface area (Å²) in [4.78, 5) is 49.6. The van der Waals surface area contributed by atoms with Gasteiger partial charge in [-0.05, 0) is 31.0 Å². The van der Waals surface area contributed by atoms with Gasteiger partial charge in [-0.25, -0.2) is 9.59 Å². The van der Waals surface area contributed by atoms with Crippen LogP contribution in [0.25, 0.3) is 0 Å². The van der Waals surface area contributed by atoms with Crippen molar-refractivity contribution < 1.29 is 28.7 Å². The predicted octanol–water partition coefficient (Wildman–Crippen LogP) is 1.93. The number of amides is 5. The molecular formula is C19H26N4O6. The number of rotatable bonds is 9. The largest absolute Gasteiger partial charge is 0.447 e. The van der Waals surface area contributed by atoms with E-state index in [0.717, 1.165) is 4.90 Å². The second-order valence-corrected chi connectivity index (χ2v) is 6.49. The highest BCUT2D eigenvalue weighted by Gasteiger charge is 2.49. The number of anilines is 2. The zero-order chi connectivity index (χ0) is 21.4. The molecule has 0 spiro atoms. The molecule has 0 bridgehead atoms. The van der Waals surface area contributed by atoms with Gasteiger partial charge in [-0.3, -0.25) is 19.8 Å². The van der Waals surface area contributed by atoms with Gasteiger partial charge in [0.2, 0.25) is 5.91 Å². The Morgan fingerprint density at radius 3 is 2.34 bits per heavy atom. The molecule has 0 radical (unpaired) electrons.